The predicted molar refractivity (Wildman–Crippen MR) is 69.2 cm³/mol. The van der Waals surface area contributed by atoms with Gasteiger partial charge in [0, 0.05) is 16.5 Å². The quantitative estimate of drug-likeness (QED) is 0.861. The Labute approximate surface area is 107 Å². The summed E-state index contributed by atoms with van der Waals surface area (Å²) in [5.74, 6) is -0.643. The summed E-state index contributed by atoms with van der Waals surface area (Å²) in [7, 11) is 0. The Hall–Kier alpha value is -2.01. The molecule has 0 bridgehead atoms. The van der Waals surface area contributed by atoms with E-state index >= 15 is 0 Å². The lowest BCUT2D eigenvalue weighted by molar-refractivity contribution is 0.0697. The first-order valence-electron chi connectivity index (χ1n) is 5.13. The van der Waals surface area contributed by atoms with Gasteiger partial charge in [0.15, 0.2) is 0 Å². The first-order chi connectivity index (χ1) is 8.60. The molecule has 0 aliphatic heterocycles. The molecule has 0 amide bonds. The van der Waals surface area contributed by atoms with Crippen LogP contribution in [-0.2, 0) is 0 Å². The average Bonchev–Trinajstić information content (AvgIpc) is 2.38. The van der Waals surface area contributed by atoms with Crippen molar-refractivity contribution < 1.29 is 14.3 Å². The lowest BCUT2D eigenvalue weighted by Crippen LogP contribution is -1.99. The fourth-order valence-electron chi connectivity index (χ4n) is 1.52. The molecule has 0 atom stereocenters. The number of benzene rings is 1. The van der Waals surface area contributed by atoms with Gasteiger partial charge < -0.3 is 9.52 Å². The minimum absolute atomic E-state index is 0.157. The van der Waals surface area contributed by atoms with Crippen LogP contribution in [-0.4, -0.2) is 17.3 Å². The van der Waals surface area contributed by atoms with Gasteiger partial charge in [-0.1, -0.05) is 12.1 Å². The van der Waals surface area contributed by atoms with E-state index in [9.17, 15) is 9.59 Å². The van der Waals surface area contributed by atoms with E-state index in [0.29, 0.717) is 11.3 Å². The first-order valence-corrected chi connectivity index (χ1v) is 6.35. The van der Waals surface area contributed by atoms with Crippen LogP contribution in [0, 0.1) is 0 Å². The molecule has 1 aromatic carbocycles. The summed E-state index contributed by atoms with van der Waals surface area (Å²) < 4.78 is 5.08. The molecule has 0 aliphatic rings. The zero-order chi connectivity index (χ0) is 13.1. The molecule has 92 valence electrons. The lowest BCUT2D eigenvalue weighted by atomic mass is 10.1. The topological polar surface area (TPSA) is 67.5 Å². The standard InChI is InChI=1S/C13H10O4S/c1-18-10-6-11(17-12(14)7-10)8-3-2-4-9(5-8)13(15)16/h2-7H,1H3,(H,15,16). The van der Waals surface area contributed by atoms with Crippen LogP contribution in [0.3, 0.4) is 0 Å². The molecule has 1 N–H and O–H groups in total. The number of aromatic carboxylic acids is 1. The van der Waals surface area contributed by atoms with E-state index in [1.165, 1.54) is 30.0 Å². The number of carboxylic acids is 1. The van der Waals surface area contributed by atoms with Crippen LogP contribution in [0.4, 0.5) is 0 Å². The van der Waals surface area contributed by atoms with E-state index in [0.717, 1.165) is 4.90 Å². The van der Waals surface area contributed by atoms with Crippen molar-refractivity contribution in [1.82, 2.24) is 0 Å². The van der Waals surface area contributed by atoms with Crippen LogP contribution in [0.25, 0.3) is 11.3 Å². The summed E-state index contributed by atoms with van der Waals surface area (Å²) >= 11 is 1.43. The monoisotopic (exact) mass is 262 g/mol. The molecule has 0 fully saturated rings. The fraction of sp³-hybridized carbons (Fsp3) is 0.0769. The zero-order valence-corrected chi connectivity index (χ0v) is 10.4. The van der Waals surface area contributed by atoms with Gasteiger partial charge in [0.05, 0.1) is 5.56 Å². The maximum atomic E-state index is 11.4. The zero-order valence-electron chi connectivity index (χ0n) is 9.54. The normalized spacial score (nSPS) is 10.3. The van der Waals surface area contributed by atoms with Crippen LogP contribution in [0.1, 0.15) is 10.4 Å². The van der Waals surface area contributed by atoms with Crippen molar-refractivity contribution in [3.05, 3.63) is 52.4 Å². The Kier molecular flexibility index (Phi) is 3.53. The molecule has 0 unspecified atom stereocenters. The minimum atomic E-state index is -1.01. The van der Waals surface area contributed by atoms with Crippen molar-refractivity contribution in [2.24, 2.45) is 0 Å². The third-order valence-electron chi connectivity index (χ3n) is 2.37. The highest BCUT2D eigenvalue weighted by molar-refractivity contribution is 7.98. The number of hydrogen-bond donors (Lipinski definition) is 1. The maximum absolute atomic E-state index is 11.4. The Morgan fingerprint density at radius 1 is 1.28 bits per heavy atom. The Morgan fingerprint density at radius 3 is 2.72 bits per heavy atom. The van der Waals surface area contributed by atoms with Gasteiger partial charge in [-0.05, 0) is 24.5 Å². The van der Waals surface area contributed by atoms with Gasteiger partial charge >= 0.3 is 11.6 Å². The largest absolute Gasteiger partial charge is 0.478 e. The molecule has 18 heavy (non-hydrogen) atoms. The molecule has 1 heterocycles. The molecular formula is C13H10O4S. The van der Waals surface area contributed by atoms with E-state index in [4.69, 9.17) is 9.52 Å². The van der Waals surface area contributed by atoms with Crippen LogP contribution >= 0.6 is 11.8 Å². The molecule has 2 rings (SSSR count). The van der Waals surface area contributed by atoms with Crippen molar-refractivity contribution in [2.45, 2.75) is 4.90 Å². The van der Waals surface area contributed by atoms with E-state index in [1.54, 1.807) is 18.2 Å². The third kappa shape index (κ3) is 2.62. The fourth-order valence-corrected chi connectivity index (χ4v) is 1.96. The molecule has 0 radical (unpaired) electrons. The van der Waals surface area contributed by atoms with Crippen molar-refractivity contribution in [3.8, 4) is 11.3 Å². The highest BCUT2D eigenvalue weighted by Crippen LogP contribution is 2.23. The predicted octanol–water partition coefficient (Wildman–Crippen LogP) is 2.73. The SMILES string of the molecule is CSc1cc(-c2cccc(C(=O)O)c2)oc(=O)c1. The number of thioether (sulfide) groups is 1. The minimum Gasteiger partial charge on any atom is -0.478 e. The maximum Gasteiger partial charge on any atom is 0.337 e. The average molecular weight is 262 g/mol. The third-order valence-corrected chi connectivity index (χ3v) is 3.08. The van der Waals surface area contributed by atoms with Gasteiger partial charge in [-0.25, -0.2) is 9.59 Å². The van der Waals surface area contributed by atoms with Gasteiger partial charge in [0.25, 0.3) is 0 Å². The van der Waals surface area contributed by atoms with E-state index in [2.05, 4.69) is 0 Å². The Balaban J connectivity index is 2.54. The second-order valence-electron chi connectivity index (χ2n) is 3.57. The van der Waals surface area contributed by atoms with Crippen LogP contribution in [0.2, 0.25) is 0 Å². The summed E-state index contributed by atoms with van der Waals surface area (Å²) in [6, 6.07) is 9.40. The van der Waals surface area contributed by atoms with Crippen LogP contribution in [0.5, 0.6) is 0 Å². The van der Waals surface area contributed by atoms with Gasteiger partial charge in [-0.3, -0.25) is 0 Å². The lowest BCUT2D eigenvalue weighted by Gasteiger charge is -2.03. The van der Waals surface area contributed by atoms with Crippen molar-refractivity contribution >= 4 is 17.7 Å². The molecule has 0 spiro atoms. The first kappa shape index (κ1) is 12.4. The van der Waals surface area contributed by atoms with Gasteiger partial charge in [-0.15, -0.1) is 11.8 Å². The molecule has 1 aromatic heterocycles. The van der Waals surface area contributed by atoms with Crippen molar-refractivity contribution in [3.63, 3.8) is 0 Å². The highest BCUT2D eigenvalue weighted by atomic mass is 32.2. The number of rotatable bonds is 3. The summed E-state index contributed by atoms with van der Waals surface area (Å²) in [5.41, 5.74) is 0.283. The van der Waals surface area contributed by atoms with E-state index in [-0.39, 0.29) is 5.56 Å². The number of hydrogen-bond acceptors (Lipinski definition) is 4. The van der Waals surface area contributed by atoms with Gasteiger partial charge in [0.2, 0.25) is 0 Å². The Morgan fingerprint density at radius 2 is 2.06 bits per heavy atom. The van der Waals surface area contributed by atoms with Crippen LogP contribution < -0.4 is 5.63 Å². The smallest absolute Gasteiger partial charge is 0.337 e. The molecule has 0 aliphatic carbocycles. The second-order valence-corrected chi connectivity index (χ2v) is 4.45. The van der Waals surface area contributed by atoms with Crippen molar-refractivity contribution in [2.75, 3.05) is 6.26 Å². The molecule has 4 nitrogen and oxygen atoms in total. The summed E-state index contributed by atoms with van der Waals surface area (Å²) in [6.07, 6.45) is 1.85. The Bertz CT molecular complexity index is 645. The molecule has 0 saturated heterocycles. The summed E-state index contributed by atoms with van der Waals surface area (Å²) in [5, 5.41) is 8.92. The molecule has 2 aromatic rings. The van der Waals surface area contributed by atoms with Gasteiger partial charge in [0.1, 0.15) is 5.76 Å². The van der Waals surface area contributed by atoms with E-state index in [1.807, 2.05) is 6.26 Å². The summed E-state index contributed by atoms with van der Waals surface area (Å²) in [4.78, 5) is 23.0. The van der Waals surface area contributed by atoms with Crippen LogP contribution in [0.15, 0.2) is 50.5 Å². The second kappa shape index (κ2) is 5.10. The highest BCUT2D eigenvalue weighted by Gasteiger charge is 2.08. The molecular weight excluding hydrogens is 252 g/mol. The number of carboxylic acid groups (broad SMARTS) is 1. The summed E-state index contributed by atoms with van der Waals surface area (Å²) in [6.45, 7) is 0. The molecule has 0 saturated carbocycles. The molecule has 5 heteroatoms. The van der Waals surface area contributed by atoms with E-state index < -0.39 is 11.6 Å². The van der Waals surface area contributed by atoms with Crippen molar-refractivity contribution in [1.29, 1.82) is 0 Å². The van der Waals surface area contributed by atoms with Gasteiger partial charge in [-0.2, -0.15) is 0 Å². The number of carbonyl (C=O) groups is 1.